The predicted molar refractivity (Wildman–Crippen MR) is 104 cm³/mol. The van der Waals surface area contributed by atoms with Crippen LogP contribution >= 0.6 is 0 Å². The molecule has 3 heterocycles. The fourth-order valence-corrected chi connectivity index (χ4v) is 3.16. The van der Waals surface area contributed by atoms with Crippen molar-refractivity contribution in [3.05, 3.63) is 66.4 Å². The number of carbonyl (C=O) groups excluding carboxylic acids is 1. The molecule has 0 unspecified atom stereocenters. The van der Waals surface area contributed by atoms with Crippen molar-refractivity contribution >= 4 is 5.91 Å². The highest BCUT2D eigenvalue weighted by atomic mass is 16.5. The smallest absolute Gasteiger partial charge is 0.258 e. The molecule has 1 aliphatic heterocycles. The lowest BCUT2D eigenvalue weighted by Gasteiger charge is -2.18. The standard InChI is InChI=1S/C21H22N4O3/c1-21(2)10-16-4-3-5-17(20(16)28-21)27-13-19(26)24-12-15-6-7-18(23-11-15)25-9-8-22-14-25/h3-9,11,14H,10,12-13H2,1-2H3,(H,24,26). The second kappa shape index (κ2) is 7.34. The third-order valence-corrected chi connectivity index (χ3v) is 4.48. The second-order valence-electron chi connectivity index (χ2n) is 7.34. The summed E-state index contributed by atoms with van der Waals surface area (Å²) in [6, 6.07) is 9.57. The van der Waals surface area contributed by atoms with Gasteiger partial charge in [0.2, 0.25) is 0 Å². The van der Waals surface area contributed by atoms with Crippen molar-refractivity contribution in [2.75, 3.05) is 6.61 Å². The van der Waals surface area contributed by atoms with Crippen LogP contribution < -0.4 is 14.8 Å². The van der Waals surface area contributed by atoms with E-state index >= 15 is 0 Å². The molecule has 0 radical (unpaired) electrons. The molecular formula is C21H22N4O3. The summed E-state index contributed by atoms with van der Waals surface area (Å²) >= 11 is 0. The van der Waals surface area contributed by atoms with Gasteiger partial charge in [0.25, 0.3) is 5.91 Å². The van der Waals surface area contributed by atoms with Crippen molar-refractivity contribution in [2.24, 2.45) is 0 Å². The summed E-state index contributed by atoms with van der Waals surface area (Å²) in [5, 5.41) is 2.84. The first-order valence-electron chi connectivity index (χ1n) is 9.14. The molecule has 7 heteroatoms. The van der Waals surface area contributed by atoms with E-state index in [0.29, 0.717) is 12.3 Å². The van der Waals surface area contributed by atoms with Crippen molar-refractivity contribution in [3.63, 3.8) is 0 Å². The van der Waals surface area contributed by atoms with E-state index in [0.717, 1.165) is 29.1 Å². The normalized spacial score (nSPS) is 14.2. The number of aromatic nitrogens is 3. The van der Waals surface area contributed by atoms with Crippen LogP contribution in [0.3, 0.4) is 0 Å². The van der Waals surface area contributed by atoms with Gasteiger partial charge in [-0.3, -0.25) is 9.36 Å². The Morgan fingerprint density at radius 2 is 2.21 bits per heavy atom. The van der Waals surface area contributed by atoms with Crippen LogP contribution in [0.5, 0.6) is 11.5 Å². The molecule has 0 saturated heterocycles. The van der Waals surface area contributed by atoms with E-state index in [1.54, 1.807) is 18.7 Å². The number of ether oxygens (including phenoxy) is 2. The molecule has 4 rings (SSSR count). The van der Waals surface area contributed by atoms with Gasteiger partial charge in [0, 0.05) is 37.1 Å². The Morgan fingerprint density at radius 1 is 1.32 bits per heavy atom. The zero-order chi connectivity index (χ0) is 19.6. The highest BCUT2D eigenvalue weighted by Crippen LogP contribution is 2.41. The number of imidazole rings is 1. The van der Waals surface area contributed by atoms with Gasteiger partial charge >= 0.3 is 0 Å². The molecule has 0 aliphatic carbocycles. The van der Waals surface area contributed by atoms with Crippen molar-refractivity contribution in [3.8, 4) is 17.3 Å². The first-order valence-corrected chi connectivity index (χ1v) is 9.14. The number of rotatable bonds is 6. The molecular weight excluding hydrogens is 356 g/mol. The molecule has 1 aromatic carbocycles. The molecule has 0 fully saturated rings. The first kappa shape index (κ1) is 18.0. The van der Waals surface area contributed by atoms with Crippen LogP contribution in [0.2, 0.25) is 0 Å². The van der Waals surface area contributed by atoms with Crippen LogP contribution in [0.1, 0.15) is 25.0 Å². The molecule has 1 N–H and O–H groups in total. The number of hydrogen-bond donors (Lipinski definition) is 1. The molecule has 0 atom stereocenters. The van der Waals surface area contributed by atoms with Crippen molar-refractivity contribution in [1.29, 1.82) is 0 Å². The maximum absolute atomic E-state index is 12.2. The van der Waals surface area contributed by atoms with Gasteiger partial charge in [-0.2, -0.15) is 0 Å². The summed E-state index contributed by atoms with van der Waals surface area (Å²) in [7, 11) is 0. The Labute approximate surface area is 163 Å². The van der Waals surface area contributed by atoms with E-state index in [4.69, 9.17) is 9.47 Å². The minimum absolute atomic E-state index is 0.0687. The van der Waals surface area contributed by atoms with Crippen LogP contribution in [0.25, 0.3) is 5.82 Å². The van der Waals surface area contributed by atoms with Gasteiger partial charge in [0.1, 0.15) is 17.7 Å². The minimum atomic E-state index is -0.250. The molecule has 144 valence electrons. The number of benzene rings is 1. The number of nitrogens with one attached hydrogen (secondary N) is 1. The lowest BCUT2D eigenvalue weighted by atomic mass is 10.0. The summed E-state index contributed by atoms with van der Waals surface area (Å²) in [5.74, 6) is 1.91. The number of para-hydroxylation sites is 1. The third kappa shape index (κ3) is 3.98. The fourth-order valence-electron chi connectivity index (χ4n) is 3.16. The molecule has 7 nitrogen and oxygen atoms in total. The Hall–Kier alpha value is -3.35. The topological polar surface area (TPSA) is 78.3 Å². The maximum Gasteiger partial charge on any atom is 0.258 e. The number of nitrogens with zero attached hydrogens (tertiary/aromatic N) is 3. The van der Waals surface area contributed by atoms with E-state index < -0.39 is 0 Å². The largest absolute Gasteiger partial charge is 0.483 e. The van der Waals surface area contributed by atoms with Gasteiger partial charge in [-0.1, -0.05) is 18.2 Å². The van der Waals surface area contributed by atoms with Crippen LogP contribution in [0, 0.1) is 0 Å². The van der Waals surface area contributed by atoms with E-state index in [9.17, 15) is 4.79 Å². The maximum atomic E-state index is 12.2. The Morgan fingerprint density at radius 3 is 2.96 bits per heavy atom. The minimum Gasteiger partial charge on any atom is -0.483 e. The van der Waals surface area contributed by atoms with Gasteiger partial charge in [0.15, 0.2) is 18.1 Å². The fraction of sp³-hybridized carbons (Fsp3) is 0.286. The molecule has 1 amide bonds. The summed E-state index contributed by atoms with van der Waals surface area (Å²) < 4.78 is 13.5. The second-order valence-corrected chi connectivity index (χ2v) is 7.34. The summed E-state index contributed by atoms with van der Waals surface area (Å²) in [4.78, 5) is 20.5. The van der Waals surface area contributed by atoms with E-state index in [-0.39, 0.29) is 18.1 Å². The average molecular weight is 378 g/mol. The molecule has 28 heavy (non-hydrogen) atoms. The van der Waals surface area contributed by atoms with Crippen LogP contribution in [0.4, 0.5) is 0 Å². The number of hydrogen-bond acceptors (Lipinski definition) is 5. The Bertz CT molecular complexity index is 966. The van der Waals surface area contributed by atoms with Crippen LogP contribution in [0.15, 0.2) is 55.2 Å². The molecule has 3 aromatic rings. The summed E-state index contributed by atoms with van der Waals surface area (Å²) in [6.45, 7) is 4.39. The van der Waals surface area contributed by atoms with Crippen LogP contribution in [-0.4, -0.2) is 32.7 Å². The molecule has 0 saturated carbocycles. The van der Waals surface area contributed by atoms with Gasteiger partial charge < -0.3 is 14.8 Å². The first-order chi connectivity index (χ1) is 13.5. The van der Waals surface area contributed by atoms with Gasteiger partial charge in [-0.05, 0) is 31.5 Å². The lowest BCUT2D eigenvalue weighted by molar-refractivity contribution is -0.123. The number of fused-ring (bicyclic) bond motifs is 1. The molecule has 2 aromatic heterocycles. The van der Waals surface area contributed by atoms with Crippen LogP contribution in [-0.2, 0) is 17.8 Å². The van der Waals surface area contributed by atoms with E-state index in [2.05, 4.69) is 15.3 Å². The highest BCUT2D eigenvalue weighted by Gasteiger charge is 2.32. The van der Waals surface area contributed by atoms with E-state index in [1.165, 1.54) is 0 Å². The number of pyridine rings is 1. The van der Waals surface area contributed by atoms with Gasteiger partial charge in [-0.25, -0.2) is 9.97 Å². The summed E-state index contributed by atoms with van der Waals surface area (Å²) in [5.41, 5.74) is 1.76. The van der Waals surface area contributed by atoms with Gasteiger partial charge in [0.05, 0.1) is 0 Å². The van der Waals surface area contributed by atoms with Crippen molar-refractivity contribution in [1.82, 2.24) is 19.9 Å². The molecule has 1 aliphatic rings. The Kier molecular flexibility index (Phi) is 4.73. The van der Waals surface area contributed by atoms with E-state index in [1.807, 2.05) is 54.9 Å². The van der Waals surface area contributed by atoms with Crippen molar-refractivity contribution in [2.45, 2.75) is 32.4 Å². The quantitative estimate of drug-likeness (QED) is 0.714. The van der Waals surface area contributed by atoms with Gasteiger partial charge in [-0.15, -0.1) is 0 Å². The highest BCUT2D eigenvalue weighted by molar-refractivity contribution is 5.77. The molecule has 0 spiro atoms. The monoisotopic (exact) mass is 378 g/mol. The zero-order valence-electron chi connectivity index (χ0n) is 15.9. The zero-order valence-corrected chi connectivity index (χ0v) is 15.9. The summed E-state index contributed by atoms with van der Waals surface area (Å²) in [6.07, 6.45) is 7.77. The Balaban J connectivity index is 1.30. The number of carbonyl (C=O) groups is 1. The lowest BCUT2D eigenvalue weighted by Crippen LogP contribution is -2.28. The van der Waals surface area contributed by atoms with Crippen molar-refractivity contribution < 1.29 is 14.3 Å². The average Bonchev–Trinajstić information content (AvgIpc) is 3.31. The third-order valence-electron chi connectivity index (χ3n) is 4.48. The predicted octanol–water partition coefficient (Wildman–Crippen LogP) is 2.68. The SMILES string of the molecule is CC1(C)Cc2cccc(OCC(=O)NCc3ccc(-n4ccnc4)nc3)c2O1. The molecule has 0 bridgehead atoms. The number of amides is 1.